The number of rotatable bonds is 7. The van der Waals surface area contributed by atoms with Crippen molar-refractivity contribution in [3.8, 4) is 0 Å². The zero-order valence-corrected chi connectivity index (χ0v) is 15.9. The molecule has 4 amide bonds. The van der Waals surface area contributed by atoms with Crippen LogP contribution in [0.5, 0.6) is 0 Å². The van der Waals surface area contributed by atoms with Crippen molar-refractivity contribution in [1.29, 1.82) is 0 Å². The Morgan fingerprint density at radius 1 is 1.33 bits per heavy atom. The van der Waals surface area contributed by atoms with Gasteiger partial charge in [0.15, 0.2) is 6.10 Å². The predicted molar refractivity (Wildman–Crippen MR) is 98.3 cm³/mol. The van der Waals surface area contributed by atoms with E-state index >= 15 is 0 Å². The van der Waals surface area contributed by atoms with E-state index in [2.05, 4.69) is 16.0 Å². The molecule has 0 spiro atoms. The molecule has 1 aromatic rings. The fourth-order valence-electron chi connectivity index (χ4n) is 2.49. The van der Waals surface area contributed by atoms with Crippen LogP contribution >= 0.6 is 11.8 Å². The number of hydrogen-bond donors (Lipinski definition) is 3. The van der Waals surface area contributed by atoms with Gasteiger partial charge in [0.05, 0.1) is 5.56 Å². The lowest BCUT2D eigenvalue weighted by molar-refractivity contribution is -0.129. The normalized spacial score (nSPS) is 22.6. The Morgan fingerprint density at radius 2 is 2.04 bits per heavy atom. The first-order valence-electron chi connectivity index (χ1n) is 8.65. The summed E-state index contributed by atoms with van der Waals surface area (Å²) in [6.07, 6.45) is 1.01. The highest BCUT2D eigenvalue weighted by molar-refractivity contribution is 7.99. The van der Waals surface area contributed by atoms with Gasteiger partial charge < -0.3 is 15.4 Å². The van der Waals surface area contributed by atoms with Crippen LogP contribution in [0.25, 0.3) is 0 Å². The van der Waals surface area contributed by atoms with Gasteiger partial charge in [-0.1, -0.05) is 12.1 Å². The molecule has 2 fully saturated rings. The van der Waals surface area contributed by atoms with Crippen molar-refractivity contribution in [2.45, 2.75) is 49.3 Å². The topological polar surface area (TPSA) is 114 Å². The lowest BCUT2D eigenvalue weighted by Crippen LogP contribution is -2.46. The van der Waals surface area contributed by atoms with Crippen LogP contribution in [-0.2, 0) is 14.3 Å². The van der Waals surface area contributed by atoms with E-state index < -0.39 is 29.6 Å². The maximum absolute atomic E-state index is 12.5. The molecule has 0 aromatic heterocycles. The summed E-state index contributed by atoms with van der Waals surface area (Å²) >= 11 is 1.26. The molecule has 1 heterocycles. The number of esters is 1. The Hall–Kier alpha value is -2.55. The highest BCUT2D eigenvalue weighted by Crippen LogP contribution is 2.28. The van der Waals surface area contributed by atoms with E-state index in [0.717, 1.165) is 12.8 Å². The number of urea groups is 1. The third-order valence-corrected chi connectivity index (χ3v) is 5.71. The van der Waals surface area contributed by atoms with Crippen molar-refractivity contribution in [2.75, 3.05) is 5.75 Å². The summed E-state index contributed by atoms with van der Waals surface area (Å²) in [6, 6.07) is 6.45. The number of thioether (sulfide) groups is 1. The van der Waals surface area contributed by atoms with Crippen molar-refractivity contribution >= 4 is 35.6 Å². The Bertz CT molecular complexity index is 795. The minimum absolute atomic E-state index is 0.190. The monoisotopic (exact) mass is 391 g/mol. The lowest BCUT2D eigenvalue weighted by Gasteiger charge is -2.20. The van der Waals surface area contributed by atoms with Gasteiger partial charge in [0.1, 0.15) is 5.54 Å². The van der Waals surface area contributed by atoms with Gasteiger partial charge in [-0.2, -0.15) is 0 Å². The molecule has 0 bridgehead atoms. The summed E-state index contributed by atoms with van der Waals surface area (Å²) in [7, 11) is 0. The number of hydrogen-bond acceptors (Lipinski definition) is 6. The minimum atomic E-state index is -1.06. The van der Waals surface area contributed by atoms with E-state index in [4.69, 9.17) is 4.74 Å². The molecule has 1 aliphatic heterocycles. The quantitative estimate of drug-likeness (QED) is 0.366. The number of amides is 4. The number of carbonyl (C=O) groups excluding carboxylic acids is 4. The molecule has 144 valence electrons. The van der Waals surface area contributed by atoms with Crippen LogP contribution < -0.4 is 16.0 Å². The minimum Gasteiger partial charge on any atom is -0.449 e. The molecule has 3 rings (SSSR count). The van der Waals surface area contributed by atoms with Crippen molar-refractivity contribution in [3.05, 3.63) is 29.8 Å². The summed E-state index contributed by atoms with van der Waals surface area (Å²) in [4.78, 5) is 48.4. The first kappa shape index (κ1) is 19.2. The zero-order valence-electron chi connectivity index (χ0n) is 15.0. The Labute approximate surface area is 160 Å². The molecule has 1 aliphatic carbocycles. The standard InChI is InChI=1S/C18H21N3O5S/c1-10(14(22)19-11-7-8-11)26-15(23)12-5-3-4-6-13(12)27-9-18(2)16(24)20-17(25)21-18/h3-6,10-11H,7-9H2,1-2H3,(H,19,22)(H2,20,21,24,25)/t10-,18-/m0/s1. The van der Waals surface area contributed by atoms with Gasteiger partial charge in [-0.05, 0) is 38.8 Å². The fourth-order valence-corrected chi connectivity index (χ4v) is 3.62. The number of nitrogens with one attached hydrogen (secondary N) is 3. The second-order valence-electron chi connectivity index (χ2n) is 6.86. The smallest absolute Gasteiger partial charge is 0.340 e. The van der Waals surface area contributed by atoms with Gasteiger partial charge in [-0.15, -0.1) is 11.8 Å². The van der Waals surface area contributed by atoms with Crippen molar-refractivity contribution in [3.63, 3.8) is 0 Å². The summed E-state index contributed by atoms with van der Waals surface area (Å²) in [5.41, 5.74) is -0.752. The van der Waals surface area contributed by atoms with Crippen LogP contribution in [0, 0.1) is 0 Å². The highest BCUT2D eigenvalue weighted by Gasteiger charge is 2.42. The maximum atomic E-state index is 12.5. The van der Waals surface area contributed by atoms with Crippen LogP contribution in [0.4, 0.5) is 4.79 Å². The molecule has 0 radical (unpaired) electrons. The van der Waals surface area contributed by atoms with E-state index in [1.54, 1.807) is 31.2 Å². The molecule has 3 N–H and O–H groups in total. The first-order valence-corrected chi connectivity index (χ1v) is 9.64. The molecule has 2 atom stereocenters. The average molecular weight is 391 g/mol. The molecule has 9 heteroatoms. The summed E-state index contributed by atoms with van der Waals surface area (Å²) in [5.74, 6) is -1.09. The maximum Gasteiger partial charge on any atom is 0.340 e. The molecule has 1 aromatic carbocycles. The second kappa shape index (κ2) is 7.59. The number of carbonyl (C=O) groups is 4. The van der Waals surface area contributed by atoms with Crippen LogP contribution in [0.1, 0.15) is 37.0 Å². The molecule has 0 unspecified atom stereocenters. The predicted octanol–water partition coefficient (Wildman–Crippen LogP) is 1.20. The van der Waals surface area contributed by atoms with E-state index in [1.165, 1.54) is 18.7 Å². The van der Waals surface area contributed by atoms with Gasteiger partial charge in [0.25, 0.3) is 11.8 Å². The van der Waals surface area contributed by atoms with Crippen molar-refractivity contribution in [2.24, 2.45) is 0 Å². The Balaban J connectivity index is 1.64. The number of imide groups is 1. The van der Waals surface area contributed by atoms with Crippen LogP contribution in [-0.4, -0.2) is 47.3 Å². The van der Waals surface area contributed by atoms with Gasteiger partial charge >= 0.3 is 12.0 Å². The van der Waals surface area contributed by atoms with Crippen molar-refractivity contribution in [1.82, 2.24) is 16.0 Å². The summed E-state index contributed by atoms with van der Waals surface area (Å²) in [5, 5.41) is 7.58. The van der Waals surface area contributed by atoms with Gasteiger partial charge in [0.2, 0.25) is 0 Å². The fraction of sp³-hybridized carbons (Fsp3) is 0.444. The molecule has 2 aliphatic rings. The molecule has 1 saturated heterocycles. The largest absolute Gasteiger partial charge is 0.449 e. The molecule has 8 nitrogen and oxygen atoms in total. The number of ether oxygens (including phenoxy) is 1. The number of benzene rings is 1. The van der Waals surface area contributed by atoms with Crippen LogP contribution in [0.15, 0.2) is 29.2 Å². The lowest BCUT2D eigenvalue weighted by atomic mass is 10.1. The molecular formula is C18H21N3O5S. The van der Waals surface area contributed by atoms with Gasteiger partial charge in [-0.25, -0.2) is 9.59 Å². The van der Waals surface area contributed by atoms with E-state index in [9.17, 15) is 19.2 Å². The van der Waals surface area contributed by atoms with E-state index in [-0.39, 0.29) is 17.7 Å². The summed E-state index contributed by atoms with van der Waals surface area (Å²) < 4.78 is 5.29. The zero-order chi connectivity index (χ0) is 19.6. The van der Waals surface area contributed by atoms with Crippen LogP contribution in [0.2, 0.25) is 0 Å². The Morgan fingerprint density at radius 3 is 2.67 bits per heavy atom. The highest BCUT2D eigenvalue weighted by atomic mass is 32.2. The van der Waals surface area contributed by atoms with Gasteiger partial charge in [0, 0.05) is 16.7 Å². The molecule has 27 heavy (non-hydrogen) atoms. The van der Waals surface area contributed by atoms with Crippen LogP contribution in [0.3, 0.4) is 0 Å². The van der Waals surface area contributed by atoms with E-state index in [1.807, 2.05) is 0 Å². The average Bonchev–Trinajstić information content (AvgIpc) is 3.39. The summed E-state index contributed by atoms with van der Waals surface area (Å²) in [6.45, 7) is 3.15. The van der Waals surface area contributed by atoms with E-state index in [0.29, 0.717) is 10.5 Å². The third kappa shape index (κ3) is 4.60. The molecule has 1 saturated carbocycles. The first-order chi connectivity index (χ1) is 12.8. The second-order valence-corrected chi connectivity index (χ2v) is 7.87. The van der Waals surface area contributed by atoms with Crippen molar-refractivity contribution < 1.29 is 23.9 Å². The van der Waals surface area contributed by atoms with Gasteiger partial charge in [-0.3, -0.25) is 14.9 Å². The molecular weight excluding hydrogens is 370 g/mol. The third-order valence-electron chi connectivity index (χ3n) is 4.32. The SMILES string of the molecule is C[C@H](OC(=O)c1ccccc1SC[C@]1(C)NC(=O)NC1=O)C(=O)NC1CC1. The Kier molecular flexibility index (Phi) is 5.41.